The van der Waals surface area contributed by atoms with Gasteiger partial charge in [-0.15, -0.1) is 0 Å². The summed E-state index contributed by atoms with van der Waals surface area (Å²) in [6.45, 7) is 1.94. The second kappa shape index (κ2) is 6.19. The predicted molar refractivity (Wildman–Crippen MR) is 76.6 cm³/mol. The minimum atomic E-state index is -0.115. The Morgan fingerprint density at radius 1 is 1.11 bits per heavy atom. The Labute approximate surface area is 114 Å². The number of rotatable bonds is 5. The summed E-state index contributed by atoms with van der Waals surface area (Å²) in [5, 5.41) is 0. The Balaban J connectivity index is 2.10. The molecule has 2 aromatic carbocycles. The highest BCUT2D eigenvalue weighted by Gasteiger charge is 2.15. The summed E-state index contributed by atoms with van der Waals surface area (Å²) in [5.41, 5.74) is 2.06. The van der Waals surface area contributed by atoms with Crippen molar-refractivity contribution in [3.8, 4) is 5.75 Å². The van der Waals surface area contributed by atoms with E-state index in [4.69, 9.17) is 4.74 Å². The Bertz CT molecular complexity index is 546. The lowest BCUT2D eigenvalue weighted by molar-refractivity contribution is -0.119. The number of carbonyl (C=O) groups excluding carboxylic acids is 1. The highest BCUT2D eigenvalue weighted by atomic mass is 16.5. The maximum Gasteiger partial charge on any atom is 0.144 e. The summed E-state index contributed by atoms with van der Waals surface area (Å²) >= 11 is 0. The van der Waals surface area contributed by atoms with Crippen LogP contribution in [0.5, 0.6) is 5.75 Å². The van der Waals surface area contributed by atoms with E-state index >= 15 is 0 Å². The van der Waals surface area contributed by atoms with Gasteiger partial charge in [-0.2, -0.15) is 0 Å². The molecule has 0 fully saturated rings. The molecule has 1 unspecified atom stereocenters. The van der Waals surface area contributed by atoms with Crippen molar-refractivity contribution in [2.75, 3.05) is 7.11 Å². The van der Waals surface area contributed by atoms with Gasteiger partial charge in [-0.05, 0) is 23.3 Å². The molecule has 0 bridgehead atoms. The van der Waals surface area contributed by atoms with E-state index < -0.39 is 0 Å². The lowest BCUT2D eigenvalue weighted by Crippen LogP contribution is -2.12. The average molecular weight is 254 g/mol. The van der Waals surface area contributed by atoms with Gasteiger partial charge < -0.3 is 4.74 Å². The third-order valence-corrected chi connectivity index (χ3v) is 3.30. The Morgan fingerprint density at radius 3 is 2.53 bits per heavy atom. The van der Waals surface area contributed by atoms with Crippen molar-refractivity contribution in [2.45, 2.75) is 19.3 Å². The van der Waals surface area contributed by atoms with Crippen LogP contribution in [0.25, 0.3) is 0 Å². The van der Waals surface area contributed by atoms with Gasteiger partial charge in [-0.3, -0.25) is 4.79 Å². The molecule has 0 aromatic heterocycles. The van der Waals surface area contributed by atoms with Gasteiger partial charge in [0.25, 0.3) is 0 Å². The summed E-state index contributed by atoms with van der Waals surface area (Å²) in [4.78, 5) is 12.3. The van der Waals surface area contributed by atoms with Crippen LogP contribution in [0.3, 0.4) is 0 Å². The van der Waals surface area contributed by atoms with E-state index in [1.165, 1.54) is 0 Å². The minimum absolute atomic E-state index is 0.115. The smallest absolute Gasteiger partial charge is 0.144 e. The van der Waals surface area contributed by atoms with Gasteiger partial charge in [-0.1, -0.05) is 49.4 Å². The molecule has 1 atom stereocenters. The van der Waals surface area contributed by atoms with Gasteiger partial charge in [0.1, 0.15) is 11.5 Å². The number of Topliss-reactive ketones (excluding diaryl/α,β-unsaturated/α-hetero) is 1. The fourth-order valence-corrected chi connectivity index (χ4v) is 2.05. The van der Waals surface area contributed by atoms with E-state index in [0.717, 1.165) is 16.9 Å². The van der Waals surface area contributed by atoms with Crippen LogP contribution >= 0.6 is 0 Å². The van der Waals surface area contributed by atoms with E-state index in [1.54, 1.807) is 7.11 Å². The van der Waals surface area contributed by atoms with Gasteiger partial charge in [0.15, 0.2) is 0 Å². The number of ether oxygens (including phenoxy) is 1. The molecule has 0 radical (unpaired) electrons. The molecule has 98 valence electrons. The van der Waals surface area contributed by atoms with E-state index in [1.807, 2.05) is 61.5 Å². The van der Waals surface area contributed by atoms with Gasteiger partial charge in [0, 0.05) is 12.3 Å². The average Bonchev–Trinajstić information content (AvgIpc) is 2.47. The molecule has 0 saturated heterocycles. The Kier molecular flexibility index (Phi) is 4.35. The number of hydrogen-bond donors (Lipinski definition) is 0. The molecule has 0 spiro atoms. The highest BCUT2D eigenvalue weighted by molar-refractivity contribution is 5.87. The lowest BCUT2D eigenvalue weighted by Gasteiger charge is -2.12. The van der Waals surface area contributed by atoms with Crippen molar-refractivity contribution < 1.29 is 9.53 Å². The zero-order chi connectivity index (χ0) is 13.7. The molecular weight excluding hydrogens is 236 g/mol. The Morgan fingerprint density at radius 2 is 1.84 bits per heavy atom. The summed E-state index contributed by atoms with van der Waals surface area (Å²) in [6.07, 6.45) is 0.471. The first-order valence-corrected chi connectivity index (χ1v) is 6.41. The van der Waals surface area contributed by atoms with Crippen molar-refractivity contribution in [2.24, 2.45) is 0 Å². The van der Waals surface area contributed by atoms with Crippen molar-refractivity contribution in [3.05, 3.63) is 65.7 Å². The monoisotopic (exact) mass is 254 g/mol. The van der Waals surface area contributed by atoms with E-state index in [9.17, 15) is 4.79 Å². The summed E-state index contributed by atoms with van der Waals surface area (Å²) in [6, 6.07) is 17.5. The second-order valence-electron chi connectivity index (χ2n) is 4.63. The van der Waals surface area contributed by atoms with E-state index in [0.29, 0.717) is 6.42 Å². The number of benzene rings is 2. The first kappa shape index (κ1) is 13.3. The summed E-state index contributed by atoms with van der Waals surface area (Å²) in [7, 11) is 1.63. The molecule has 2 rings (SSSR count). The third kappa shape index (κ3) is 3.44. The molecule has 2 aromatic rings. The van der Waals surface area contributed by atoms with Crippen LogP contribution in [-0.4, -0.2) is 12.9 Å². The van der Waals surface area contributed by atoms with Crippen LogP contribution in [0, 0.1) is 0 Å². The van der Waals surface area contributed by atoms with Crippen LogP contribution < -0.4 is 4.74 Å². The summed E-state index contributed by atoms with van der Waals surface area (Å²) < 4.78 is 5.19. The topological polar surface area (TPSA) is 26.3 Å². The molecule has 0 heterocycles. The predicted octanol–water partition coefficient (Wildman–Crippen LogP) is 3.61. The standard InChI is InChI=1S/C17H18O2/c1-13(15-9-6-10-16(12-15)19-2)17(18)11-14-7-4-3-5-8-14/h3-10,12-13H,11H2,1-2H3. The fourth-order valence-electron chi connectivity index (χ4n) is 2.05. The second-order valence-corrected chi connectivity index (χ2v) is 4.63. The summed E-state index contributed by atoms with van der Waals surface area (Å²) in [5.74, 6) is 0.895. The zero-order valence-corrected chi connectivity index (χ0v) is 11.3. The zero-order valence-electron chi connectivity index (χ0n) is 11.3. The fraction of sp³-hybridized carbons (Fsp3) is 0.235. The number of ketones is 1. The number of hydrogen-bond acceptors (Lipinski definition) is 2. The molecule has 0 aliphatic heterocycles. The lowest BCUT2D eigenvalue weighted by atomic mass is 9.92. The van der Waals surface area contributed by atoms with Crippen LogP contribution in [0.2, 0.25) is 0 Å². The first-order valence-electron chi connectivity index (χ1n) is 6.41. The maximum absolute atomic E-state index is 12.3. The number of methoxy groups -OCH3 is 1. The molecule has 2 heteroatoms. The highest BCUT2D eigenvalue weighted by Crippen LogP contribution is 2.22. The van der Waals surface area contributed by atoms with E-state index in [2.05, 4.69) is 0 Å². The molecule has 0 aliphatic carbocycles. The molecule has 0 aliphatic rings. The van der Waals surface area contributed by atoms with Crippen molar-refractivity contribution in [1.82, 2.24) is 0 Å². The Hall–Kier alpha value is -2.09. The minimum Gasteiger partial charge on any atom is -0.497 e. The first-order chi connectivity index (χ1) is 9.20. The normalized spacial score (nSPS) is 11.9. The molecular formula is C17H18O2. The maximum atomic E-state index is 12.3. The molecule has 2 nitrogen and oxygen atoms in total. The van der Waals surface area contributed by atoms with E-state index in [-0.39, 0.29) is 11.7 Å². The molecule has 0 amide bonds. The van der Waals surface area contributed by atoms with Crippen LogP contribution in [0.4, 0.5) is 0 Å². The van der Waals surface area contributed by atoms with Gasteiger partial charge >= 0.3 is 0 Å². The largest absolute Gasteiger partial charge is 0.497 e. The van der Waals surface area contributed by atoms with Crippen LogP contribution in [0.1, 0.15) is 24.0 Å². The van der Waals surface area contributed by atoms with Crippen molar-refractivity contribution in [1.29, 1.82) is 0 Å². The molecule has 0 N–H and O–H groups in total. The van der Waals surface area contributed by atoms with Crippen molar-refractivity contribution in [3.63, 3.8) is 0 Å². The van der Waals surface area contributed by atoms with Crippen LogP contribution in [-0.2, 0) is 11.2 Å². The SMILES string of the molecule is COc1cccc(C(C)C(=O)Cc2ccccc2)c1. The molecule has 0 saturated carbocycles. The third-order valence-electron chi connectivity index (χ3n) is 3.30. The van der Waals surface area contributed by atoms with Crippen molar-refractivity contribution >= 4 is 5.78 Å². The quantitative estimate of drug-likeness (QED) is 0.814. The number of carbonyl (C=O) groups is 1. The van der Waals surface area contributed by atoms with Gasteiger partial charge in [0.05, 0.1) is 7.11 Å². The van der Waals surface area contributed by atoms with Gasteiger partial charge in [-0.25, -0.2) is 0 Å². The molecule has 19 heavy (non-hydrogen) atoms. The van der Waals surface area contributed by atoms with Gasteiger partial charge in [0.2, 0.25) is 0 Å². The van der Waals surface area contributed by atoms with Crippen LogP contribution in [0.15, 0.2) is 54.6 Å².